The van der Waals surface area contributed by atoms with Gasteiger partial charge in [0.1, 0.15) is 0 Å². The van der Waals surface area contributed by atoms with Crippen LogP contribution < -0.4 is 0 Å². The molecule has 0 amide bonds. The van der Waals surface area contributed by atoms with Crippen molar-refractivity contribution in [1.29, 1.82) is 0 Å². The molecule has 0 bridgehead atoms. The van der Waals surface area contributed by atoms with E-state index in [0.29, 0.717) is 0 Å². The van der Waals surface area contributed by atoms with E-state index in [1.54, 1.807) is 0 Å². The van der Waals surface area contributed by atoms with Gasteiger partial charge in [-0.05, 0) is 0 Å². The van der Waals surface area contributed by atoms with Crippen molar-refractivity contribution >= 4 is 34.3 Å². The Balaban J connectivity index is 1.96. The SMILES string of the molecule is C[SiH](C)[Hf]([Cl])([Cl])([CH]1C=C(c2ccccc2)C=C1C(C)(C)C)[CH]1C=C(c2ccccc2)C=C1C(C)(C)C. The van der Waals surface area contributed by atoms with Gasteiger partial charge in [0.25, 0.3) is 0 Å². The molecule has 2 aliphatic carbocycles. The summed E-state index contributed by atoms with van der Waals surface area (Å²) in [6.07, 6.45) is 9.75. The predicted molar refractivity (Wildman–Crippen MR) is 162 cm³/mol. The molecule has 191 valence electrons. The van der Waals surface area contributed by atoms with Gasteiger partial charge in [0.2, 0.25) is 0 Å². The molecular weight excluding hydrogens is 662 g/mol. The van der Waals surface area contributed by atoms with Crippen LogP contribution in [0, 0.1) is 10.8 Å². The van der Waals surface area contributed by atoms with Crippen LogP contribution in [-0.4, -0.2) is 5.98 Å². The fraction of sp³-hybridized carbons (Fsp3) is 0.375. The van der Waals surface area contributed by atoms with Gasteiger partial charge in [0, 0.05) is 0 Å². The molecule has 2 aromatic rings. The third kappa shape index (κ3) is 4.93. The summed E-state index contributed by atoms with van der Waals surface area (Å²) in [5.74, 6) is -1.51. The van der Waals surface area contributed by atoms with Gasteiger partial charge in [-0.1, -0.05) is 0 Å². The second-order valence-electron chi connectivity index (χ2n) is 13.0. The van der Waals surface area contributed by atoms with Crippen molar-refractivity contribution in [3.63, 3.8) is 0 Å². The average molecular weight is 703 g/mol. The quantitative estimate of drug-likeness (QED) is 0.272. The predicted octanol–water partition coefficient (Wildman–Crippen LogP) is 10.7. The van der Waals surface area contributed by atoms with Gasteiger partial charge in [-0.2, -0.15) is 0 Å². The van der Waals surface area contributed by atoms with E-state index >= 15 is 0 Å². The summed E-state index contributed by atoms with van der Waals surface area (Å²) in [4.78, 5) is 0. The minimum atomic E-state index is -4.74. The zero-order valence-electron chi connectivity index (χ0n) is 23.1. The van der Waals surface area contributed by atoms with Crippen molar-refractivity contribution in [2.45, 2.75) is 62.0 Å². The van der Waals surface area contributed by atoms with Gasteiger partial charge in [0.15, 0.2) is 0 Å². The van der Waals surface area contributed by atoms with Crippen LogP contribution >= 0.6 is 17.2 Å². The molecule has 0 saturated heterocycles. The zero-order chi connectivity index (χ0) is 26.5. The van der Waals surface area contributed by atoms with Gasteiger partial charge < -0.3 is 0 Å². The van der Waals surface area contributed by atoms with Crippen LogP contribution in [0.2, 0.25) is 20.4 Å². The molecule has 2 aliphatic rings. The van der Waals surface area contributed by atoms with Gasteiger partial charge in [-0.25, -0.2) is 0 Å². The van der Waals surface area contributed by atoms with E-state index in [2.05, 4.69) is 140 Å². The van der Waals surface area contributed by atoms with E-state index in [4.69, 9.17) is 17.2 Å². The van der Waals surface area contributed by atoms with E-state index < -0.39 is 21.3 Å². The van der Waals surface area contributed by atoms with Gasteiger partial charge in [-0.3, -0.25) is 0 Å². The minimum absolute atomic E-state index is 0.0154. The van der Waals surface area contributed by atoms with Gasteiger partial charge in [0.05, 0.1) is 0 Å². The molecule has 0 spiro atoms. The standard InChI is InChI=1S/2C15H17.C2H7Si.2ClH.Hf/c2*1-15(2,3)14-10-9-13(11-14)12-7-5-4-6-8-12;1-3-2;;;/h2*4-11H,1-3H3;3H,1-2H3;2*1H;/q;;;;;+2/p-2. The Morgan fingerprint density at radius 3 is 1.22 bits per heavy atom. The fourth-order valence-electron chi connectivity index (χ4n) is 5.96. The Hall–Kier alpha value is -0.933. The van der Waals surface area contributed by atoms with Crippen molar-refractivity contribution in [2.24, 2.45) is 10.8 Å². The van der Waals surface area contributed by atoms with Crippen LogP contribution in [0.3, 0.4) is 0 Å². The van der Waals surface area contributed by atoms with Gasteiger partial charge in [-0.15, -0.1) is 0 Å². The second kappa shape index (κ2) is 9.67. The Bertz CT molecular complexity index is 1160. The summed E-state index contributed by atoms with van der Waals surface area (Å²) in [5, 5.41) is 0. The first kappa shape index (κ1) is 28.1. The maximum absolute atomic E-state index is 8.33. The monoisotopic (exact) mass is 703 g/mol. The molecule has 4 rings (SSSR count). The Labute approximate surface area is 228 Å². The van der Waals surface area contributed by atoms with Crippen LogP contribution in [0.5, 0.6) is 0 Å². The molecule has 0 fully saturated rings. The molecule has 0 aliphatic heterocycles. The molecule has 2 aromatic carbocycles. The summed E-state index contributed by atoms with van der Waals surface area (Å²) in [6, 6.07) is 21.4. The van der Waals surface area contributed by atoms with Crippen LogP contribution in [-0.2, 0) is 15.3 Å². The Kier molecular flexibility index (Phi) is 7.54. The van der Waals surface area contributed by atoms with E-state index in [9.17, 15) is 0 Å². The summed E-state index contributed by atoms with van der Waals surface area (Å²) in [7, 11) is 16.7. The van der Waals surface area contributed by atoms with E-state index in [-0.39, 0.29) is 18.2 Å². The molecular formula is C32H41Cl2HfSi. The normalized spacial score (nSPS) is 22.0. The topological polar surface area (TPSA) is 0 Å². The van der Waals surface area contributed by atoms with E-state index in [1.165, 1.54) is 33.4 Å². The van der Waals surface area contributed by atoms with Crippen molar-refractivity contribution in [3.8, 4) is 0 Å². The van der Waals surface area contributed by atoms with Crippen LogP contribution in [0.1, 0.15) is 52.7 Å². The van der Waals surface area contributed by atoms with Crippen LogP contribution in [0.15, 0.2) is 96.1 Å². The summed E-state index contributed by atoms with van der Waals surface area (Å²) in [5.41, 5.74) is 7.84. The molecule has 0 N–H and O–H groups in total. The van der Waals surface area contributed by atoms with E-state index in [0.717, 1.165) is 0 Å². The molecule has 2 atom stereocenters. The van der Waals surface area contributed by atoms with Crippen molar-refractivity contribution in [3.05, 3.63) is 107 Å². The summed E-state index contributed by atoms with van der Waals surface area (Å²) >= 11 is -4.74. The molecule has 0 heterocycles. The van der Waals surface area contributed by atoms with Gasteiger partial charge >= 0.3 is 230 Å². The van der Waals surface area contributed by atoms with Crippen molar-refractivity contribution in [1.82, 2.24) is 0 Å². The molecule has 0 radical (unpaired) electrons. The second-order valence-corrected chi connectivity index (χ2v) is 72.6. The van der Waals surface area contributed by atoms with Crippen LogP contribution in [0.4, 0.5) is 0 Å². The number of halogens is 2. The number of hydrogen-bond acceptors (Lipinski definition) is 0. The zero-order valence-corrected chi connectivity index (χ0v) is 29.3. The number of allylic oxidation sites excluding steroid dienone is 8. The summed E-state index contributed by atoms with van der Waals surface area (Å²) in [6.45, 7) is 18.8. The number of benzene rings is 2. The molecule has 2 unspecified atom stereocenters. The van der Waals surface area contributed by atoms with E-state index in [1.807, 2.05) is 0 Å². The summed E-state index contributed by atoms with van der Waals surface area (Å²) < 4.78 is 0.267. The first-order valence-electron chi connectivity index (χ1n) is 13.2. The van der Waals surface area contributed by atoms with Crippen molar-refractivity contribution in [2.75, 3.05) is 0 Å². The molecule has 0 aromatic heterocycles. The molecule has 36 heavy (non-hydrogen) atoms. The third-order valence-corrected chi connectivity index (χ3v) is 81.2. The first-order chi connectivity index (χ1) is 16.6. The third-order valence-electron chi connectivity index (χ3n) is 8.22. The number of rotatable bonds is 5. The first-order valence-corrected chi connectivity index (χ1v) is 35.4. The van der Waals surface area contributed by atoms with Crippen LogP contribution in [0.25, 0.3) is 11.1 Å². The Morgan fingerprint density at radius 1 is 0.611 bits per heavy atom. The fourth-order valence-corrected chi connectivity index (χ4v) is 46.3. The van der Waals surface area contributed by atoms with Crippen molar-refractivity contribution < 1.29 is 15.3 Å². The molecule has 0 saturated carbocycles. The maximum atomic E-state index is 8.33. The molecule has 4 heteroatoms. The average Bonchev–Trinajstić information content (AvgIpc) is 3.47. The number of hydrogen-bond donors (Lipinski definition) is 0. The Morgan fingerprint density at radius 2 is 0.944 bits per heavy atom. The molecule has 0 nitrogen and oxygen atoms in total.